The number of alkyl halides is 3. The second kappa shape index (κ2) is 8.34. The third kappa shape index (κ3) is 4.30. The molecule has 1 N–H and O–H groups in total. The van der Waals surface area contributed by atoms with Gasteiger partial charge in [0.1, 0.15) is 16.5 Å². The average molecular weight is 457 g/mol. The Hall–Kier alpha value is -2.87. The normalized spacial score (nSPS) is 23.3. The Labute approximate surface area is 178 Å². The van der Waals surface area contributed by atoms with Gasteiger partial charge in [0.15, 0.2) is 11.6 Å². The predicted molar refractivity (Wildman–Crippen MR) is 104 cm³/mol. The zero-order valence-corrected chi connectivity index (χ0v) is 17.1. The third-order valence-electron chi connectivity index (χ3n) is 5.05. The number of nitriles is 1. The monoisotopic (exact) mass is 457 g/mol. The number of carbonyl (C=O) groups excluding carboxylic acids is 1. The maximum Gasteiger partial charge on any atom is 0.403 e. The number of pyridine rings is 1. The molecule has 0 saturated carbocycles. The van der Waals surface area contributed by atoms with E-state index >= 15 is 0 Å². The first-order valence-corrected chi connectivity index (χ1v) is 9.82. The van der Waals surface area contributed by atoms with Crippen molar-refractivity contribution < 1.29 is 31.5 Å². The molecule has 0 aliphatic carbocycles. The molecule has 1 aliphatic rings. The Morgan fingerprint density at radius 1 is 1.35 bits per heavy atom. The number of halogens is 5. The van der Waals surface area contributed by atoms with Gasteiger partial charge in [-0.05, 0) is 31.5 Å². The lowest BCUT2D eigenvalue weighted by atomic mass is 9.85. The first kappa shape index (κ1) is 22.8. The van der Waals surface area contributed by atoms with Crippen LogP contribution in [0, 0.1) is 23.0 Å². The van der Waals surface area contributed by atoms with Gasteiger partial charge in [0, 0.05) is 23.4 Å². The van der Waals surface area contributed by atoms with Crippen molar-refractivity contribution in [3.8, 4) is 11.8 Å². The van der Waals surface area contributed by atoms with Crippen LogP contribution in [0.2, 0.25) is 0 Å². The number of aromatic nitrogens is 1. The fraction of sp³-hybridized carbons (Fsp3) is 0.350. The molecule has 5 nitrogen and oxygen atoms in total. The number of benzene rings is 1. The van der Waals surface area contributed by atoms with Crippen molar-refractivity contribution in [2.75, 3.05) is 12.4 Å². The van der Waals surface area contributed by atoms with Gasteiger partial charge >= 0.3 is 6.18 Å². The maximum absolute atomic E-state index is 14.2. The highest BCUT2D eigenvalue weighted by atomic mass is 32.2. The van der Waals surface area contributed by atoms with E-state index in [2.05, 4.69) is 10.3 Å². The van der Waals surface area contributed by atoms with Crippen LogP contribution in [0.15, 0.2) is 30.5 Å². The van der Waals surface area contributed by atoms with Crippen LogP contribution in [0.4, 0.5) is 27.6 Å². The summed E-state index contributed by atoms with van der Waals surface area (Å²) in [6, 6.07) is 6.37. The highest BCUT2D eigenvalue weighted by Gasteiger charge is 2.60. The number of amides is 1. The maximum atomic E-state index is 14.2. The van der Waals surface area contributed by atoms with Crippen LogP contribution in [-0.4, -0.2) is 34.2 Å². The molecule has 1 fully saturated rings. The fourth-order valence-electron chi connectivity index (χ4n) is 3.46. The summed E-state index contributed by atoms with van der Waals surface area (Å²) < 4.78 is 71.8. The van der Waals surface area contributed by atoms with Crippen LogP contribution in [0.5, 0.6) is 5.75 Å². The molecule has 1 amide bonds. The van der Waals surface area contributed by atoms with E-state index in [-0.39, 0.29) is 16.9 Å². The minimum atomic E-state index is -4.65. The molecule has 0 radical (unpaired) electrons. The van der Waals surface area contributed by atoms with Crippen LogP contribution >= 0.6 is 11.8 Å². The summed E-state index contributed by atoms with van der Waals surface area (Å²) in [4.78, 5) is 16.7. The van der Waals surface area contributed by atoms with Crippen molar-refractivity contribution in [2.24, 2.45) is 0 Å². The summed E-state index contributed by atoms with van der Waals surface area (Å²) in [6.07, 6.45) is -3.92. The number of ether oxygens (including phenoxy) is 1. The average Bonchev–Trinajstić information content (AvgIpc) is 3.09. The van der Waals surface area contributed by atoms with Gasteiger partial charge in [0.25, 0.3) is 0 Å². The summed E-state index contributed by atoms with van der Waals surface area (Å²) in [6.45, 7) is 0.963. The molecule has 1 aromatic heterocycles. The smallest absolute Gasteiger partial charge is 0.403 e. The topological polar surface area (TPSA) is 75.0 Å². The van der Waals surface area contributed by atoms with E-state index in [9.17, 15) is 26.7 Å². The molecular formula is C20H16F5N3O2S. The summed E-state index contributed by atoms with van der Waals surface area (Å²) in [5.41, 5.74) is 0.152. The van der Waals surface area contributed by atoms with E-state index in [4.69, 9.17) is 10.00 Å². The standard InChI is InChI=1S/C20H16F5N3O2S/c1-19(20(23,24)25)8-13(12-3-4-14(21)15(22)16(12)30-2)17(31-19)18(29)28-10-5-6-27-11(7-10)9-26/h3-7,13,17H,8H2,1-2H3,(H,27,28,29)/t13-,17+,19+/m0/s1. The molecule has 11 heteroatoms. The quantitative estimate of drug-likeness (QED) is 0.669. The largest absolute Gasteiger partial charge is 0.493 e. The fourth-order valence-corrected chi connectivity index (χ4v) is 5.00. The zero-order valence-electron chi connectivity index (χ0n) is 16.3. The third-order valence-corrected chi connectivity index (χ3v) is 6.76. The van der Waals surface area contributed by atoms with E-state index in [1.807, 2.05) is 0 Å². The SMILES string of the molecule is COc1c([C@@H]2C[C@](C)(C(F)(F)F)S[C@H]2C(=O)Nc2ccnc(C#N)c2)ccc(F)c1F. The number of methoxy groups -OCH3 is 1. The number of rotatable bonds is 4. The van der Waals surface area contributed by atoms with Gasteiger partial charge in [0.2, 0.25) is 11.7 Å². The molecule has 0 spiro atoms. The van der Waals surface area contributed by atoms with Crippen molar-refractivity contribution in [2.45, 2.75) is 35.4 Å². The summed E-state index contributed by atoms with van der Waals surface area (Å²) in [5.74, 6) is -4.97. The Kier molecular flexibility index (Phi) is 6.14. The molecule has 2 heterocycles. The molecule has 1 aromatic carbocycles. The van der Waals surface area contributed by atoms with E-state index in [0.717, 1.165) is 26.2 Å². The number of nitrogens with zero attached hydrogens (tertiary/aromatic N) is 2. The minimum Gasteiger partial charge on any atom is -0.493 e. The Morgan fingerprint density at radius 3 is 2.68 bits per heavy atom. The van der Waals surface area contributed by atoms with E-state index in [1.54, 1.807) is 6.07 Å². The summed E-state index contributed by atoms with van der Waals surface area (Å²) >= 11 is 0.400. The molecule has 2 aromatic rings. The zero-order chi connectivity index (χ0) is 23.0. The van der Waals surface area contributed by atoms with Crippen molar-refractivity contribution in [1.82, 2.24) is 4.98 Å². The number of nitrogens with one attached hydrogen (secondary N) is 1. The molecule has 1 aliphatic heterocycles. The van der Waals surface area contributed by atoms with Crippen LogP contribution in [-0.2, 0) is 4.79 Å². The highest BCUT2D eigenvalue weighted by molar-refractivity contribution is 8.02. The van der Waals surface area contributed by atoms with Crippen LogP contribution in [0.25, 0.3) is 0 Å². The molecular weight excluding hydrogens is 441 g/mol. The predicted octanol–water partition coefficient (Wildman–Crippen LogP) is 4.79. The lowest BCUT2D eigenvalue weighted by molar-refractivity contribution is -0.155. The number of carbonyl (C=O) groups is 1. The summed E-state index contributed by atoms with van der Waals surface area (Å²) in [7, 11) is 1.07. The van der Waals surface area contributed by atoms with E-state index in [0.29, 0.717) is 11.8 Å². The molecule has 0 bridgehead atoms. The molecule has 3 atom stereocenters. The van der Waals surface area contributed by atoms with Gasteiger partial charge < -0.3 is 10.1 Å². The number of anilines is 1. The van der Waals surface area contributed by atoms with Crippen LogP contribution in [0.1, 0.15) is 30.5 Å². The van der Waals surface area contributed by atoms with Gasteiger partial charge in [0.05, 0.1) is 12.4 Å². The van der Waals surface area contributed by atoms with E-state index < -0.39 is 51.8 Å². The van der Waals surface area contributed by atoms with Gasteiger partial charge in [-0.2, -0.15) is 22.8 Å². The van der Waals surface area contributed by atoms with Crippen LogP contribution in [0.3, 0.4) is 0 Å². The van der Waals surface area contributed by atoms with Gasteiger partial charge in [-0.15, -0.1) is 11.8 Å². The Morgan fingerprint density at radius 2 is 2.06 bits per heavy atom. The van der Waals surface area contributed by atoms with Crippen molar-refractivity contribution in [3.05, 3.63) is 53.4 Å². The van der Waals surface area contributed by atoms with Gasteiger partial charge in [-0.25, -0.2) is 9.37 Å². The van der Waals surface area contributed by atoms with Crippen LogP contribution < -0.4 is 10.1 Å². The minimum absolute atomic E-state index is 0.0100. The lowest BCUT2D eigenvalue weighted by Crippen LogP contribution is -2.37. The summed E-state index contributed by atoms with van der Waals surface area (Å²) in [5, 5.41) is 10.1. The molecule has 3 rings (SSSR count). The number of thioether (sulfide) groups is 1. The van der Waals surface area contributed by atoms with Crippen molar-refractivity contribution >= 4 is 23.4 Å². The van der Waals surface area contributed by atoms with Gasteiger partial charge in [-0.1, -0.05) is 6.07 Å². The Bertz CT molecular complexity index is 1060. The van der Waals surface area contributed by atoms with Crippen molar-refractivity contribution in [3.63, 3.8) is 0 Å². The highest BCUT2D eigenvalue weighted by Crippen LogP contribution is 2.59. The second-order valence-corrected chi connectivity index (χ2v) is 8.74. The van der Waals surface area contributed by atoms with Gasteiger partial charge in [-0.3, -0.25) is 4.79 Å². The first-order valence-electron chi connectivity index (χ1n) is 8.94. The van der Waals surface area contributed by atoms with Crippen molar-refractivity contribution in [1.29, 1.82) is 5.26 Å². The lowest BCUT2D eigenvalue weighted by Gasteiger charge is -2.26. The molecule has 164 valence electrons. The second-order valence-electron chi connectivity index (χ2n) is 7.09. The molecule has 1 saturated heterocycles. The molecule has 0 unspecified atom stereocenters. The Balaban J connectivity index is 2.02. The van der Waals surface area contributed by atoms with E-state index in [1.165, 1.54) is 18.3 Å². The number of hydrogen-bond acceptors (Lipinski definition) is 5. The number of hydrogen-bond donors (Lipinski definition) is 1. The first-order chi connectivity index (χ1) is 14.5. The molecule has 31 heavy (non-hydrogen) atoms.